The maximum Gasteiger partial charge on any atom is 0.416 e. The summed E-state index contributed by atoms with van der Waals surface area (Å²) in [5, 5.41) is 0.101. The monoisotopic (exact) mass is 306 g/mol. The van der Waals surface area contributed by atoms with E-state index in [0.717, 1.165) is 18.6 Å². The van der Waals surface area contributed by atoms with Crippen molar-refractivity contribution in [1.29, 1.82) is 0 Å². The average Bonchev–Trinajstić information content (AvgIpc) is 2.34. The number of alkyl halides is 3. The van der Waals surface area contributed by atoms with Gasteiger partial charge in [-0.3, -0.25) is 0 Å². The third-order valence-electron chi connectivity index (χ3n) is 4.17. The lowest BCUT2D eigenvalue weighted by Crippen LogP contribution is -2.51. The second kappa shape index (κ2) is 5.45. The molecule has 0 saturated carbocycles. The van der Waals surface area contributed by atoms with Crippen molar-refractivity contribution in [3.05, 3.63) is 28.8 Å². The first-order valence-electron chi connectivity index (χ1n) is 6.60. The van der Waals surface area contributed by atoms with Gasteiger partial charge in [0.25, 0.3) is 0 Å². The molecule has 0 aliphatic carbocycles. The SMILES string of the molecule is CC1C(N)CCN(c2cc(Cl)cc(C(F)(F)F)c2)C1C. The number of benzene rings is 1. The highest BCUT2D eigenvalue weighted by molar-refractivity contribution is 6.31. The summed E-state index contributed by atoms with van der Waals surface area (Å²) in [4.78, 5) is 1.95. The van der Waals surface area contributed by atoms with Crippen LogP contribution in [0.5, 0.6) is 0 Å². The highest BCUT2D eigenvalue weighted by atomic mass is 35.5. The van der Waals surface area contributed by atoms with E-state index >= 15 is 0 Å². The number of hydrogen-bond donors (Lipinski definition) is 1. The Labute approximate surface area is 121 Å². The molecular weight excluding hydrogens is 289 g/mol. The van der Waals surface area contributed by atoms with Crippen LogP contribution in [0.15, 0.2) is 18.2 Å². The molecule has 2 nitrogen and oxygen atoms in total. The Hall–Kier alpha value is -0.940. The van der Waals surface area contributed by atoms with Gasteiger partial charge in [-0.25, -0.2) is 0 Å². The number of piperidine rings is 1. The molecule has 1 aromatic rings. The van der Waals surface area contributed by atoms with Gasteiger partial charge in [0, 0.05) is 29.3 Å². The second-order valence-corrected chi connectivity index (χ2v) is 5.88. The summed E-state index contributed by atoms with van der Waals surface area (Å²) in [5.41, 5.74) is 5.80. The molecule has 3 atom stereocenters. The van der Waals surface area contributed by atoms with Gasteiger partial charge in [-0.1, -0.05) is 18.5 Å². The zero-order valence-electron chi connectivity index (χ0n) is 11.4. The van der Waals surface area contributed by atoms with Crippen molar-refractivity contribution in [1.82, 2.24) is 0 Å². The highest BCUT2D eigenvalue weighted by Crippen LogP contribution is 2.36. The molecule has 6 heteroatoms. The summed E-state index contributed by atoms with van der Waals surface area (Å²) in [6, 6.07) is 3.86. The van der Waals surface area contributed by atoms with Gasteiger partial charge in [0.2, 0.25) is 0 Å². The number of nitrogens with two attached hydrogens (primary N) is 1. The van der Waals surface area contributed by atoms with Crippen molar-refractivity contribution in [2.45, 2.75) is 38.5 Å². The van der Waals surface area contributed by atoms with E-state index in [4.69, 9.17) is 17.3 Å². The van der Waals surface area contributed by atoms with Crippen molar-refractivity contribution in [3.8, 4) is 0 Å². The first-order chi connectivity index (χ1) is 9.20. The van der Waals surface area contributed by atoms with Crippen LogP contribution in [0.25, 0.3) is 0 Å². The molecule has 112 valence electrons. The van der Waals surface area contributed by atoms with E-state index in [2.05, 4.69) is 0 Å². The molecule has 2 rings (SSSR count). The Morgan fingerprint density at radius 1 is 1.25 bits per heavy atom. The fourth-order valence-electron chi connectivity index (χ4n) is 2.66. The number of nitrogens with zero attached hydrogens (tertiary/aromatic N) is 1. The lowest BCUT2D eigenvalue weighted by molar-refractivity contribution is -0.137. The van der Waals surface area contributed by atoms with Crippen LogP contribution in [0.2, 0.25) is 5.02 Å². The summed E-state index contributed by atoms with van der Waals surface area (Å²) in [7, 11) is 0. The van der Waals surface area contributed by atoms with E-state index < -0.39 is 11.7 Å². The Morgan fingerprint density at radius 3 is 2.50 bits per heavy atom. The normalized spacial score (nSPS) is 27.8. The quantitative estimate of drug-likeness (QED) is 0.852. The van der Waals surface area contributed by atoms with Crippen LogP contribution in [0.3, 0.4) is 0 Å². The molecule has 1 aliphatic heterocycles. The van der Waals surface area contributed by atoms with E-state index in [-0.39, 0.29) is 23.0 Å². The van der Waals surface area contributed by atoms with Crippen LogP contribution < -0.4 is 10.6 Å². The minimum atomic E-state index is -4.39. The fraction of sp³-hybridized carbons (Fsp3) is 0.571. The number of anilines is 1. The smallest absolute Gasteiger partial charge is 0.368 e. The zero-order valence-corrected chi connectivity index (χ0v) is 12.2. The van der Waals surface area contributed by atoms with Gasteiger partial charge in [-0.15, -0.1) is 0 Å². The Balaban J connectivity index is 2.35. The van der Waals surface area contributed by atoms with Gasteiger partial charge in [0.05, 0.1) is 5.56 Å². The third kappa shape index (κ3) is 3.04. The van der Waals surface area contributed by atoms with E-state index in [9.17, 15) is 13.2 Å². The van der Waals surface area contributed by atoms with Gasteiger partial charge in [0.15, 0.2) is 0 Å². The molecule has 1 aromatic carbocycles. The molecule has 2 N–H and O–H groups in total. The minimum Gasteiger partial charge on any atom is -0.368 e. The van der Waals surface area contributed by atoms with Crippen LogP contribution >= 0.6 is 11.6 Å². The molecule has 1 saturated heterocycles. The molecule has 1 heterocycles. The maximum absolute atomic E-state index is 12.9. The molecule has 0 amide bonds. The van der Waals surface area contributed by atoms with Crippen molar-refractivity contribution >= 4 is 17.3 Å². The lowest BCUT2D eigenvalue weighted by atomic mass is 9.87. The Morgan fingerprint density at radius 2 is 1.90 bits per heavy atom. The summed E-state index contributed by atoms with van der Waals surface area (Å²) in [6.45, 7) is 4.65. The van der Waals surface area contributed by atoms with Gasteiger partial charge in [-0.2, -0.15) is 13.2 Å². The molecular formula is C14H18ClF3N2. The maximum atomic E-state index is 12.9. The van der Waals surface area contributed by atoms with E-state index in [1.54, 1.807) is 6.07 Å². The molecule has 0 bridgehead atoms. The van der Waals surface area contributed by atoms with Gasteiger partial charge in [-0.05, 0) is 37.5 Å². The summed E-state index contributed by atoms with van der Waals surface area (Å²) in [5.74, 6) is 0.220. The average molecular weight is 307 g/mol. The number of rotatable bonds is 1. The number of halogens is 4. The first kappa shape index (κ1) is 15.4. The summed E-state index contributed by atoms with van der Waals surface area (Å²) >= 11 is 5.84. The topological polar surface area (TPSA) is 29.3 Å². The predicted molar refractivity (Wildman–Crippen MR) is 75.0 cm³/mol. The molecule has 3 unspecified atom stereocenters. The van der Waals surface area contributed by atoms with E-state index in [1.807, 2.05) is 18.7 Å². The van der Waals surface area contributed by atoms with Crippen LogP contribution in [-0.2, 0) is 6.18 Å². The van der Waals surface area contributed by atoms with Crippen LogP contribution in [0, 0.1) is 5.92 Å². The second-order valence-electron chi connectivity index (χ2n) is 5.44. The standard InChI is InChI=1S/C14H18ClF3N2/c1-8-9(2)20(4-3-13(8)19)12-6-10(14(16,17)18)5-11(15)7-12/h5-9,13H,3-4,19H2,1-2H3. The third-order valence-corrected chi connectivity index (χ3v) is 4.39. The van der Waals surface area contributed by atoms with Crippen molar-refractivity contribution in [2.75, 3.05) is 11.4 Å². The fourth-order valence-corrected chi connectivity index (χ4v) is 2.89. The van der Waals surface area contributed by atoms with Gasteiger partial charge in [0.1, 0.15) is 0 Å². The molecule has 0 spiro atoms. The molecule has 0 aromatic heterocycles. The van der Waals surface area contributed by atoms with Crippen LogP contribution in [0.4, 0.5) is 18.9 Å². The Bertz CT molecular complexity index is 490. The van der Waals surface area contributed by atoms with Gasteiger partial charge >= 0.3 is 6.18 Å². The predicted octanol–water partition coefficient (Wildman–Crippen LogP) is 3.92. The van der Waals surface area contributed by atoms with Crippen LogP contribution in [0.1, 0.15) is 25.8 Å². The summed E-state index contributed by atoms with van der Waals surface area (Å²) in [6.07, 6.45) is -3.62. The summed E-state index contributed by atoms with van der Waals surface area (Å²) < 4.78 is 38.6. The molecule has 0 radical (unpaired) electrons. The largest absolute Gasteiger partial charge is 0.416 e. The first-order valence-corrected chi connectivity index (χ1v) is 6.98. The highest BCUT2D eigenvalue weighted by Gasteiger charge is 2.34. The minimum absolute atomic E-state index is 0.0818. The van der Waals surface area contributed by atoms with Crippen molar-refractivity contribution < 1.29 is 13.2 Å². The molecule has 1 aliphatic rings. The van der Waals surface area contributed by atoms with Crippen molar-refractivity contribution in [2.24, 2.45) is 11.7 Å². The van der Waals surface area contributed by atoms with E-state index in [1.165, 1.54) is 0 Å². The van der Waals surface area contributed by atoms with E-state index in [0.29, 0.717) is 12.2 Å². The zero-order chi connectivity index (χ0) is 15.1. The van der Waals surface area contributed by atoms with Crippen LogP contribution in [-0.4, -0.2) is 18.6 Å². The molecule has 20 heavy (non-hydrogen) atoms. The van der Waals surface area contributed by atoms with Crippen molar-refractivity contribution in [3.63, 3.8) is 0 Å². The Kier molecular flexibility index (Phi) is 4.21. The molecule has 1 fully saturated rings. The van der Waals surface area contributed by atoms with Gasteiger partial charge < -0.3 is 10.6 Å². The number of hydrogen-bond acceptors (Lipinski definition) is 2. The lowest BCUT2D eigenvalue weighted by Gasteiger charge is -2.43.